The molecule has 5 heterocycles. The number of hydrogen-bond acceptors (Lipinski definition) is 9. The van der Waals surface area contributed by atoms with Crippen LogP contribution in [0.3, 0.4) is 0 Å². The summed E-state index contributed by atoms with van der Waals surface area (Å²) in [6.07, 6.45) is 8.54. The van der Waals surface area contributed by atoms with Crippen molar-refractivity contribution in [2.24, 2.45) is 11.8 Å². The van der Waals surface area contributed by atoms with E-state index in [1.54, 1.807) is 24.3 Å². The maximum atomic E-state index is 13.6. The fourth-order valence-electron chi connectivity index (χ4n) is 7.61. The zero-order valence-electron chi connectivity index (χ0n) is 27.4. The van der Waals surface area contributed by atoms with Gasteiger partial charge in [0.25, 0.3) is 0 Å². The third-order valence-electron chi connectivity index (χ3n) is 10.6. The minimum absolute atomic E-state index is 0.0885. The summed E-state index contributed by atoms with van der Waals surface area (Å²) in [6.45, 7) is 2.54. The van der Waals surface area contributed by atoms with E-state index in [-0.39, 0.29) is 30.8 Å². The van der Waals surface area contributed by atoms with Gasteiger partial charge in [-0.3, -0.25) is 4.79 Å². The Bertz CT molecular complexity index is 1880. The van der Waals surface area contributed by atoms with Gasteiger partial charge in [-0.2, -0.15) is 4.31 Å². The van der Waals surface area contributed by atoms with Crippen LogP contribution in [0.5, 0.6) is 0 Å². The molecule has 2 atom stereocenters. The van der Waals surface area contributed by atoms with Crippen molar-refractivity contribution >= 4 is 86.4 Å². The van der Waals surface area contributed by atoms with Gasteiger partial charge in [-0.05, 0) is 106 Å². The first-order valence-electron chi connectivity index (χ1n) is 16.9. The van der Waals surface area contributed by atoms with E-state index >= 15 is 0 Å². The van der Waals surface area contributed by atoms with Gasteiger partial charge >= 0.3 is 5.97 Å². The average Bonchev–Trinajstić information content (AvgIpc) is 3.47. The Morgan fingerprint density at radius 3 is 2.28 bits per heavy atom. The number of halogens is 3. The van der Waals surface area contributed by atoms with Gasteiger partial charge in [0.1, 0.15) is 24.6 Å². The highest BCUT2D eigenvalue weighted by Crippen LogP contribution is 2.40. The van der Waals surface area contributed by atoms with Crippen molar-refractivity contribution in [2.45, 2.75) is 77.7 Å². The van der Waals surface area contributed by atoms with Crippen molar-refractivity contribution in [2.75, 3.05) is 37.6 Å². The fraction of sp³-hybridized carbons (Fsp3) is 0.529. The Kier molecular flexibility index (Phi) is 12.0. The number of thiophene rings is 1. The number of aromatic nitrogens is 1. The lowest BCUT2D eigenvalue weighted by molar-refractivity contribution is -0.145. The summed E-state index contributed by atoms with van der Waals surface area (Å²) in [4.78, 5) is 19.2. The minimum atomic E-state index is -3.86. The number of anilines is 1. The SMILES string of the molecule is O=C(O)C1(c2ccccc2)CCN(S(=O)(=O)c2cnc(N3CCC(CCCC4CCNC(S(=O)(=O)c5cc(Br)c(Cl)s5)C4)CC3)c(Br)c2)CC1. The number of sulfone groups is 1. The lowest BCUT2D eigenvalue weighted by atomic mass is 9.73. The molecule has 1 aromatic carbocycles. The molecule has 2 unspecified atom stereocenters. The number of nitrogens with one attached hydrogen (secondary N) is 1. The Labute approximate surface area is 320 Å². The first kappa shape index (κ1) is 38.1. The number of carbonyl (C=O) groups is 1. The molecule has 3 saturated heterocycles. The Hall–Kier alpha value is -1.59. The second kappa shape index (κ2) is 15.8. The van der Waals surface area contributed by atoms with Crippen LogP contribution in [0, 0.1) is 11.8 Å². The zero-order chi connectivity index (χ0) is 35.7. The van der Waals surface area contributed by atoms with E-state index in [4.69, 9.17) is 11.6 Å². The molecule has 3 aliphatic rings. The van der Waals surface area contributed by atoms with Crippen LogP contribution >= 0.6 is 54.8 Å². The first-order chi connectivity index (χ1) is 23.8. The monoisotopic (exact) mass is 890 g/mol. The highest BCUT2D eigenvalue weighted by Gasteiger charge is 2.45. The molecule has 50 heavy (non-hydrogen) atoms. The van der Waals surface area contributed by atoms with E-state index in [9.17, 15) is 26.7 Å². The van der Waals surface area contributed by atoms with E-state index in [1.165, 1.54) is 10.5 Å². The molecule has 2 N–H and O–H groups in total. The van der Waals surface area contributed by atoms with Gasteiger partial charge < -0.3 is 15.3 Å². The van der Waals surface area contributed by atoms with Crippen molar-refractivity contribution in [3.63, 3.8) is 0 Å². The number of carboxylic acids is 1. The predicted octanol–water partition coefficient (Wildman–Crippen LogP) is 7.31. The van der Waals surface area contributed by atoms with Gasteiger partial charge in [-0.15, -0.1) is 11.3 Å². The molecule has 3 aliphatic heterocycles. The van der Waals surface area contributed by atoms with Crippen LogP contribution in [0.15, 0.2) is 66.7 Å². The van der Waals surface area contributed by atoms with Gasteiger partial charge in [0.15, 0.2) is 0 Å². The normalized spacial score (nSPS) is 22.4. The molecule has 272 valence electrons. The number of benzene rings is 1. The molecule has 16 heteroatoms. The van der Waals surface area contributed by atoms with Gasteiger partial charge in [0, 0.05) is 36.8 Å². The molecule has 0 radical (unpaired) electrons. The third-order valence-corrected chi connectivity index (χ3v) is 18.1. The number of nitrogens with zero attached hydrogens (tertiary/aromatic N) is 3. The van der Waals surface area contributed by atoms with E-state index in [0.29, 0.717) is 47.9 Å². The summed E-state index contributed by atoms with van der Waals surface area (Å²) < 4.78 is 57.0. The highest BCUT2D eigenvalue weighted by atomic mass is 79.9. The average molecular weight is 893 g/mol. The van der Waals surface area contributed by atoms with Gasteiger partial charge in [0.2, 0.25) is 19.9 Å². The molecular weight excluding hydrogens is 852 g/mol. The molecule has 0 amide bonds. The predicted molar refractivity (Wildman–Crippen MR) is 203 cm³/mol. The molecule has 0 spiro atoms. The largest absolute Gasteiger partial charge is 0.481 e. The minimum Gasteiger partial charge on any atom is -0.481 e. The second-order valence-corrected chi connectivity index (χ2v) is 21.2. The fourth-order valence-corrected chi connectivity index (χ4v) is 14.0. The molecule has 3 fully saturated rings. The van der Waals surface area contributed by atoms with Crippen LogP contribution in [-0.4, -0.2) is 75.3 Å². The summed E-state index contributed by atoms with van der Waals surface area (Å²) in [6, 6.07) is 12.3. The number of rotatable bonds is 11. The summed E-state index contributed by atoms with van der Waals surface area (Å²) in [5, 5.41) is 12.7. The molecule has 0 saturated carbocycles. The van der Waals surface area contributed by atoms with E-state index < -0.39 is 36.6 Å². The molecule has 3 aromatic rings. The van der Waals surface area contributed by atoms with Crippen molar-refractivity contribution in [1.29, 1.82) is 0 Å². The number of carboxylic acid groups (broad SMARTS) is 1. The van der Waals surface area contributed by atoms with Gasteiger partial charge in [-0.25, -0.2) is 21.8 Å². The van der Waals surface area contributed by atoms with E-state index in [2.05, 4.69) is 47.1 Å². The zero-order valence-corrected chi connectivity index (χ0v) is 33.8. The van der Waals surface area contributed by atoms with Gasteiger partial charge in [-0.1, -0.05) is 61.2 Å². The van der Waals surface area contributed by atoms with Gasteiger partial charge in [0.05, 0.1) is 9.89 Å². The van der Waals surface area contributed by atoms with E-state index in [0.717, 1.165) is 68.8 Å². The van der Waals surface area contributed by atoms with E-state index in [1.807, 2.05) is 18.2 Å². The lowest BCUT2D eigenvalue weighted by Crippen LogP contribution is -2.49. The Morgan fingerprint density at radius 2 is 1.66 bits per heavy atom. The molecular formula is C34H41Br2ClN4O6S3. The highest BCUT2D eigenvalue weighted by molar-refractivity contribution is 9.11. The molecule has 0 aliphatic carbocycles. The Balaban J connectivity index is 0.983. The van der Waals surface area contributed by atoms with Crippen LogP contribution in [0.2, 0.25) is 4.34 Å². The molecule has 2 aromatic heterocycles. The Morgan fingerprint density at radius 1 is 0.980 bits per heavy atom. The van der Waals surface area contributed by atoms with Crippen LogP contribution in [-0.2, 0) is 30.1 Å². The summed E-state index contributed by atoms with van der Waals surface area (Å²) in [5.74, 6) is 0.718. The molecule has 6 rings (SSSR count). The van der Waals surface area contributed by atoms with Crippen LogP contribution in [0.1, 0.15) is 63.4 Å². The van der Waals surface area contributed by atoms with Crippen LogP contribution < -0.4 is 10.2 Å². The number of pyridine rings is 1. The summed E-state index contributed by atoms with van der Waals surface area (Å²) >= 11 is 14.1. The molecule has 10 nitrogen and oxygen atoms in total. The standard InChI is InChI=1S/C34H41Br2ClN4O6S3/c35-27-21-30(48-31(27)37)49(44,45)29-19-24(9-14-38-29)6-4-5-23-10-15-40(16-11-23)32-28(36)20-26(22-39-32)50(46,47)41-17-12-34(13-18-41,33(42)43)25-7-2-1-3-8-25/h1-3,7-8,20-24,29,38H,4-6,9-19H2,(H,42,43). The summed E-state index contributed by atoms with van der Waals surface area (Å²) in [5.41, 5.74) is -0.417. The third kappa shape index (κ3) is 7.99. The topological polar surface area (TPSA) is 137 Å². The lowest BCUT2D eigenvalue weighted by Gasteiger charge is -2.38. The van der Waals surface area contributed by atoms with Crippen LogP contribution in [0.4, 0.5) is 5.82 Å². The number of sulfonamides is 1. The maximum absolute atomic E-state index is 13.6. The van der Waals surface area contributed by atoms with Crippen molar-refractivity contribution in [3.8, 4) is 0 Å². The summed E-state index contributed by atoms with van der Waals surface area (Å²) in [7, 11) is -7.35. The number of hydrogen-bond donors (Lipinski definition) is 2. The number of piperidine rings is 3. The van der Waals surface area contributed by atoms with Crippen molar-refractivity contribution in [3.05, 3.63) is 67.5 Å². The van der Waals surface area contributed by atoms with Crippen molar-refractivity contribution in [1.82, 2.24) is 14.6 Å². The second-order valence-electron chi connectivity index (χ2n) is 13.6. The quantitative estimate of drug-likeness (QED) is 0.203. The van der Waals surface area contributed by atoms with Crippen LogP contribution in [0.25, 0.3) is 0 Å². The first-order valence-corrected chi connectivity index (χ1v) is 22.7. The smallest absolute Gasteiger partial charge is 0.314 e. The van der Waals surface area contributed by atoms with Crippen molar-refractivity contribution < 1.29 is 26.7 Å². The molecule has 0 bridgehead atoms. The number of aliphatic carboxylic acids is 1. The maximum Gasteiger partial charge on any atom is 0.314 e.